The van der Waals surface area contributed by atoms with Crippen LogP contribution in [0.5, 0.6) is 0 Å². The van der Waals surface area contributed by atoms with Crippen molar-refractivity contribution in [1.82, 2.24) is 9.80 Å². The van der Waals surface area contributed by atoms with Crippen molar-refractivity contribution >= 4 is 58.2 Å². The Morgan fingerprint density at radius 3 is 1.41 bits per heavy atom. The van der Waals surface area contributed by atoms with E-state index >= 15 is 0 Å². The zero-order chi connectivity index (χ0) is 19.6. The summed E-state index contributed by atoms with van der Waals surface area (Å²) in [6.45, 7) is 1.99. The lowest BCUT2D eigenvalue weighted by atomic mass is 10.2. The van der Waals surface area contributed by atoms with Gasteiger partial charge in [-0.25, -0.2) is 0 Å². The van der Waals surface area contributed by atoms with Crippen LogP contribution in [0, 0.1) is 0 Å². The third-order valence-corrected chi connectivity index (χ3v) is 5.88. The summed E-state index contributed by atoms with van der Waals surface area (Å²) in [5, 5.41) is 1.49. The van der Waals surface area contributed by atoms with Crippen LogP contribution in [0.15, 0.2) is 36.4 Å². The molecule has 0 unspecified atom stereocenters. The van der Waals surface area contributed by atoms with Gasteiger partial charge in [-0.2, -0.15) is 0 Å². The molecule has 142 valence electrons. The van der Waals surface area contributed by atoms with Gasteiger partial charge in [0.2, 0.25) is 0 Å². The number of hydrogen-bond donors (Lipinski definition) is 0. The molecule has 2 aromatic carbocycles. The zero-order valence-corrected chi connectivity index (χ0v) is 17.2. The lowest BCUT2D eigenvalue weighted by Gasteiger charge is -2.22. The highest BCUT2D eigenvalue weighted by molar-refractivity contribution is 6.42. The summed E-state index contributed by atoms with van der Waals surface area (Å²) in [6, 6.07) is 9.65. The Labute approximate surface area is 177 Å². The van der Waals surface area contributed by atoms with Crippen LogP contribution >= 0.6 is 46.4 Å². The molecule has 1 aliphatic rings. The Bertz CT molecular complexity index is 817. The third kappa shape index (κ3) is 4.69. The molecule has 0 N–H and O–H groups in total. The number of amides is 2. The van der Waals surface area contributed by atoms with E-state index in [-0.39, 0.29) is 11.8 Å². The SMILES string of the molecule is O=C(c1ccc(Cl)c(Cl)c1)N1CCCN(C(=O)c2ccc(Cl)c(Cl)c2)CC1. The van der Waals surface area contributed by atoms with E-state index in [1.807, 2.05) is 0 Å². The number of halogens is 4. The minimum absolute atomic E-state index is 0.127. The number of carbonyl (C=O) groups is 2. The summed E-state index contributed by atoms with van der Waals surface area (Å²) in [6.07, 6.45) is 0.681. The van der Waals surface area contributed by atoms with Crippen LogP contribution in [0.25, 0.3) is 0 Å². The van der Waals surface area contributed by atoms with Crippen LogP contribution in [-0.4, -0.2) is 47.8 Å². The first-order valence-electron chi connectivity index (χ1n) is 8.35. The maximum absolute atomic E-state index is 12.7. The number of carbonyl (C=O) groups excluding carboxylic acids is 2. The van der Waals surface area contributed by atoms with Gasteiger partial charge in [-0.05, 0) is 42.8 Å². The van der Waals surface area contributed by atoms with Crippen molar-refractivity contribution in [3.8, 4) is 0 Å². The van der Waals surface area contributed by atoms with Gasteiger partial charge < -0.3 is 9.80 Å². The van der Waals surface area contributed by atoms with E-state index < -0.39 is 0 Å². The minimum atomic E-state index is -0.127. The normalized spacial score (nSPS) is 14.8. The summed E-state index contributed by atoms with van der Waals surface area (Å²) in [5.41, 5.74) is 0.960. The highest BCUT2D eigenvalue weighted by atomic mass is 35.5. The molecule has 1 saturated heterocycles. The zero-order valence-electron chi connectivity index (χ0n) is 14.2. The second-order valence-electron chi connectivity index (χ2n) is 6.20. The van der Waals surface area contributed by atoms with Gasteiger partial charge in [0.05, 0.1) is 20.1 Å². The lowest BCUT2D eigenvalue weighted by Crippen LogP contribution is -2.37. The molecule has 0 aromatic heterocycles. The number of hydrogen-bond acceptors (Lipinski definition) is 2. The third-order valence-electron chi connectivity index (χ3n) is 4.40. The first kappa shape index (κ1) is 20.3. The molecule has 2 aromatic rings. The first-order chi connectivity index (χ1) is 12.9. The summed E-state index contributed by atoms with van der Waals surface area (Å²) in [4.78, 5) is 28.9. The Kier molecular flexibility index (Phi) is 6.53. The standard InChI is InChI=1S/C19H16Cl4N2O2/c20-14-4-2-12(10-16(14)22)18(26)24-6-1-7-25(9-8-24)19(27)13-3-5-15(21)17(23)11-13/h2-5,10-11H,1,6-9H2. The first-order valence-corrected chi connectivity index (χ1v) is 9.86. The molecular weight excluding hydrogens is 430 g/mol. The summed E-state index contributed by atoms with van der Waals surface area (Å²) < 4.78 is 0. The van der Waals surface area contributed by atoms with E-state index in [1.165, 1.54) is 0 Å². The van der Waals surface area contributed by atoms with Gasteiger partial charge in [-0.15, -0.1) is 0 Å². The predicted octanol–water partition coefficient (Wildman–Crippen LogP) is 5.29. The average molecular weight is 446 g/mol. The van der Waals surface area contributed by atoms with E-state index in [0.717, 1.165) is 0 Å². The summed E-state index contributed by atoms with van der Waals surface area (Å²) >= 11 is 23.8. The largest absolute Gasteiger partial charge is 0.337 e. The fourth-order valence-corrected chi connectivity index (χ4v) is 3.54. The molecule has 1 aliphatic heterocycles. The molecule has 8 heteroatoms. The Balaban J connectivity index is 1.69. The van der Waals surface area contributed by atoms with Gasteiger partial charge >= 0.3 is 0 Å². The molecule has 1 fully saturated rings. The van der Waals surface area contributed by atoms with Crippen molar-refractivity contribution in [2.75, 3.05) is 26.2 Å². The highest BCUT2D eigenvalue weighted by Crippen LogP contribution is 2.25. The topological polar surface area (TPSA) is 40.6 Å². The molecule has 0 spiro atoms. The van der Waals surface area contributed by atoms with Crippen molar-refractivity contribution in [2.45, 2.75) is 6.42 Å². The van der Waals surface area contributed by atoms with Crippen molar-refractivity contribution < 1.29 is 9.59 Å². The van der Waals surface area contributed by atoms with Crippen molar-refractivity contribution in [3.05, 3.63) is 67.6 Å². The molecule has 27 heavy (non-hydrogen) atoms. The second-order valence-corrected chi connectivity index (χ2v) is 7.82. The number of benzene rings is 2. The van der Waals surface area contributed by atoms with Crippen LogP contribution < -0.4 is 0 Å². The van der Waals surface area contributed by atoms with E-state index in [0.29, 0.717) is 63.8 Å². The minimum Gasteiger partial charge on any atom is -0.337 e. The van der Waals surface area contributed by atoms with Gasteiger partial charge in [-0.1, -0.05) is 46.4 Å². The Morgan fingerprint density at radius 1 is 0.630 bits per heavy atom. The molecular formula is C19H16Cl4N2O2. The second kappa shape index (κ2) is 8.70. The van der Waals surface area contributed by atoms with Gasteiger partial charge in [0, 0.05) is 37.3 Å². The maximum atomic E-state index is 12.7. The Hall–Kier alpha value is -1.46. The van der Waals surface area contributed by atoms with Crippen molar-refractivity contribution in [3.63, 3.8) is 0 Å². The summed E-state index contributed by atoms with van der Waals surface area (Å²) in [7, 11) is 0. The van der Waals surface area contributed by atoms with Crippen LogP contribution in [0.2, 0.25) is 20.1 Å². The highest BCUT2D eigenvalue weighted by Gasteiger charge is 2.24. The van der Waals surface area contributed by atoms with E-state index in [1.54, 1.807) is 46.2 Å². The number of nitrogens with zero attached hydrogens (tertiary/aromatic N) is 2. The van der Waals surface area contributed by atoms with Crippen LogP contribution in [0.3, 0.4) is 0 Å². The van der Waals surface area contributed by atoms with Crippen LogP contribution in [-0.2, 0) is 0 Å². The maximum Gasteiger partial charge on any atom is 0.253 e. The monoisotopic (exact) mass is 444 g/mol. The molecule has 0 radical (unpaired) electrons. The molecule has 0 bridgehead atoms. The Morgan fingerprint density at radius 2 is 1.04 bits per heavy atom. The van der Waals surface area contributed by atoms with Crippen LogP contribution in [0.1, 0.15) is 27.1 Å². The molecule has 2 amide bonds. The molecule has 4 nitrogen and oxygen atoms in total. The quantitative estimate of drug-likeness (QED) is 0.630. The molecule has 0 aliphatic carbocycles. The smallest absolute Gasteiger partial charge is 0.253 e. The average Bonchev–Trinajstić information content (AvgIpc) is 2.91. The van der Waals surface area contributed by atoms with Gasteiger partial charge in [-0.3, -0.25) is 9.59 Å². The van der Waals surface area contributed by atoms with Crippen molar-refractivity contribution in [1.29, 1.82) is 0 Å². The van der Waals surface area contributed by atoms with Crippen molar-refractivity contribution in [2.24, 2.45) is 0 Å². The van der Waals surface area contributed by atoms with Gasteiger partial charge in [0.25, 0.3) is 11.8 Å². The molecule has 3 rings (SSSR count). The van der Waals surface area contributed by atoms with Gasteiger partial charge in [0.15, 0.2) is 0 Å². The fourth-order valence-electron chi connectivity index (χ4n) is 2.95. The molecule has 0 saturated carbocycles. The molecule has 0 atom stereocenters. The predicted molar refractivity (Wildman–Crippen MR) is 109 cm³/mol. The number of rotatable bonds is 2. The van der Waals surface area contributed by atoms with Crippen LogP contribution in [0.4, 0.5) is 0 Å². The van der Waals surface area contributed by atoms with E-state index in [9.17, 15) is 9.59 Å². The van der Waals surface area contributed by atoms with E-state index in [4.69, 9.17) is 46.4 Å². The lowest BCUT2D eigenvalue weighted by molar-refractivity contribution is 0.0719. The summed E-state index contributed by atoms with van der Waals surface area (Å²) in [5.74, 6) is -0.255. The van der Waals surface area contributed by atoms with E-state index in [2.05, 4.69) is 0 Å². The molecule has 1 heterocycles. The van der Waals surface area contributed by atoms with Gasteiger partial charge in [0.1, 0.15) is 0 Å². The fraction of sp³-hybridized carbons (Fsp3) is 0.263.